The Balaban J connectivity index is 1.99. The molecule has 138 valence electrons. The van der Waals surface area contributed by atoms with Crippen molar-refractivity contribution < 1.29 is 14.3 Å². The van der Waals surface area contributed by atoms with Crippen molar-refractivity contribution in [3.05, 3.63) is 27.0 Å². The summed E-state index contributed by atoms with van der Waals surface area (Å²) in [6.45, 7) is 5.82. The van der Waals surface area contributed by atoms with E-state index in [0.29, 0.717) is 11.8 Å². The topological polar surface area (TPSA) is 68.3 Å². The molecule has 1 aromatic rings. The van der Waals surface area contributed by atoms with Crippen LogP contribution in [0.5, 0.6) is 0 Å². The summed E-state index contributed by atoms with van der Waals surface area (Å²) in [6, 6.07) is 0.0871. The number of nitrogens with one attached hydrogen (secondary N) is 1. The van der Waals surface area contributed by atoms with Gasteiger partial charge in [-0.25, -0.2) is 9.78 Å². The van der Waals surface area contributed by atoms with E-state index < -0.39 is 12.1 Å². The van der Waals surface area contributed by atoms with Crippen molar-refractivity contribution in [3.63, 3.8) is 0 Å². The summed E-state index contributed by atoms with van der Waals surface area (Å²) in [5.74, 6) is -0.227. The summed E-state index contributed by atoms with van der Waals surface area (Å²) in [5.41, 5.74) is -0.171. The lowest BCUT2D eigenvalue weighted by Crippen LogP contribution is -2.47. The van der Waals surface area contributed by atoms with Crippen LogP contribution in [-0.2, 0) is 9.53 Å². The Morgan fingerprint density at radius 1 is 1.24 bits per heavy atom. The molecule has 5 nitrogen and oxygen atoms in total. The summed E-state index contributed by atoms with van der Waals surface area (Å²) in [6.07, 6.45) is 3.41. The molecule has 1 aromatic heterocycles. The fourth-order valence-electron chi connectivity index (χ4n) is 2.94. The SMILES string of the molecule is C[C@H]1[C@@H](NC(=O)[C@@H](C)OC(=O)c2ncc(Cl)c(Cl)c2Cl)CCC[C@@H]1C. The van der Waals surface area contributed by atoms with Crippen molar-refractivity contribution in [3.8, 4) is 0 Å². The summed E-state index contributed by atoms with van der Waals surface area (Å²) in [7, 11) is 0. The summed E-state index contributed by atoms with van der Waals surface area (Å²) in [5, 5.41) is 3.03. The van der Waals surface area contributed by atoms with E-state index in [1.807, 2.05) is 0 Å². The highest BCUT2D eigenvalue weighted by molar-refractivity contribution is 6.48. The van der Waals surface area contributed by atoms with E-state index in [9.17, 15) is 9.59 Å². The molecule has 0 radical (unpaired) electrons. The van der Waals surface area contributed by atoms with Crippen LogP contribution in [0, 0.1) is 11.8 Å². The van der Waals surface area contributed by atoms with Crippen molar-refractivity contribution in [2.45, 2.75) is 52.2 Å². The van der Waals surface area contributed by atoms with Crippen LogP contribution in [0.15, 0.2) is 6.20 Å². The molecule has 1 N–H and O–H groups in total. The molecule has 4 atom stereocenters. The first kappa shape index (κ1) is 20.3. The number of ether oxygens (including phenoxy) is 1. The third-order valence-corrected chi connectivity index (χ3v) is 6.04. The molecule has 1 saturated carbocycles. The molecule has 1 amide bonds. The molecule has 0 bridgehead atoms. The average molecular weight is 408 g/mol. The highest BCUT2D eigenvalue weighted by Gasteiger charge is 2.30. The number of amides is 1. The molecule has 0 aromatic carbocycles. The predicted molar refractivity (Wildman–Crippen MR) is 98.3 cm³/mol. The van der Waals surface area contributed by atoms with Crippen LogP contribution in [0.2, 0.25) is 15.1 Å². The minimum atomic E-state index is -0.968. The number of halogens is 3. The molecular formula is C17H21Cl3N2O3. The van der Waals surface area contributed by atoms with E-state index in [2.05, 4.69) is 24.1 Å². The van der Waals surface area contributed by atoms with E-state index >= 15 is 0 Å². The Bertz CT molecular complexity index is 669. The molecule has 2 rings (SSSR count). The Hall–Kier alpha value is -1.04. The van der Waals surface area contributed by atoms with E-state index in [-0.39, 0.29) is 32.7 Å². The van der Waals surface area contributed by atoms with Gasteiger partial charge >= 0.3 is 5.97 Å². The maximum absolute atomic E-state index is 12.3. The van der Waals surface area contributed by atoms with Crippen molar-refractivity contribution in [2.75, 3.05) is 0 Å². The van der Waals surface area contributed by atoms with Gasteiger partial charge in [-0.2, -0.15) is 0 Å². The Morgan fingerprint density at radius 3 is 2.60 bits per heavy atom. The summed E-state index contributed by atoms with van der Waals surface area (Å²) >= 11 is 17.6. The molecule has 25 heavy (non-hydrogen) atoms. The van der Waals surface area contributed by atoms with Gasteiger partial charge in [0.1, 0.15) is 0 Å². The van der Waals surface area contributed by atoms with Crippen molar-refractivity contribution in [2.24, 2.45) is 11.8 Å². The molecule has 0 saturated heterocycles. The minimum absolute atomic E-state index is 0.0207. The third kappa shape index (κ3) is 4.78. The molecule has 1 heterocycles. The van der Waals surface area contributed by atoms with Gasteiger partial charge in [0.05, 0.1) is 15.1 Å². The lowest BCUT2D eigenvalue weighted by atomic mass is 9.78. The zero-order valence-electron chi connectivity index (χ0n) is 14.3. The Kier molecular flexibility index (Phi) is 6.94. The molecule has 8 heteroatoms. The van der Waals surface area contributed by atoms with E-state index in [1.54, 1.807) is 0 Å². The van der Waals surface area contributed by atoms with E-state index in [4.69, 9.17) is 39.5 Å². The molecule has 0 aliphatic heterocycles. The van der Waals surface area contributed by atoms with Crippen LogP contribution >= 0.6 is 34.8 Å². The first-order valence-corrected chi connectivity index (χ1v) is 9.36. The average Bonchev–Trinajstić information content (AvgIpc) is 2.56. The number of aromatic nitrogens is 1. The summed E-state index contributed by atoms with van der Waals surface area (Å²) < 4.78 is 5.18. The maximum atomic E-state index is 12.3. The first-order valence-electron chi connectivity index (χ1n) is 8.23. The monoisotopic (exact) mass is 406 g/mol. The number of rotatable bonds is 4. The van der Waals surface area contributed by atoms with Gasteiger partial charge in [0.25, 0.3) is 5.91 Å². The van der Waals surface area contributed by atoms with Gasteiger partial charge in [-0.1, -0.05) is 61.5 Å². The second kappa shape index (κ2) is 8.56. The molecule has 0 spiro atoms. The van der Waals surface area contributed by atoms with Gasteiger partial charge in [0.2, 0.25) is 0 Å². The van der Waals surface area contributed by atoms with E-state index in [1.165, 1.54) is 19.5 Å². The van der Waals surface area contributed by atoms with Crippen LogP contribution in [0.1, 0.15) is 50.5 Å². The minimum Gasteiger partial charge on any atom is -0.448 e. The van der Waals surface area contributed by atoms with Crippen molar-refractivity contribution >= 4 is 46.7 Å². The molecule has 0 unspecified atom stereocenters. The van der Waals surface area contributed by atoms with Crippen molar-refractivity contribution in [1.29, 1.82) is 0 Å². The van der Waals surface area contributed by atoms with Gasteiger partial charge in [-0.3, -0.25) is 4.79 Å². The zero-order chi connectivity index (χ0) is 18.7. The molecule has 1 aliphatic carbocycles. The first-order chi connectivity index (χ1) is 11.7. The zero-order valence-corrected chi connectivity index (χ0v) is 16.6. The lowest BCUT2D eigenvalue weighted by Gasteiger charge is -2.35. The fourth-order valence-corrected chi connectivity index (χ4v) is 3.50. The predicted octanol–water partition coefficient (Wildman–Crippen LogP) is 4.53. The van der Waals surface area contributed by atoms with Gasteiger partial charge < -0.3 is 10.1 Å². The quantitative estimate of drug-likeness (QED) is 0.745. The standard InChI is InChI=1S/C17H21Cl3N2O3/c1-8-5-4-6-12(9(8)2)22-16(23)10(3)25-17(24)15-14(20)13(19)11(18)7-21-15/h7-10,12H,4-6H2,1-3H3,(H,22,23)/t8-,9+,10+,12-/m0/s1. The largest absolute Gasteiger partial charge is 0.448 e. The number of hydrogen-bond donors (Lipinski definition) is 1. The number of pyridine rings is 1. The van der Waals surface area contributed by atoms with Crippen LogP contribution in [0.3, 0.4) is 0 Å². The fraction of sp³-hybridized carbons (Fsp3) is 0.588. The van der Waals surface area contributed by atoms with Gasteiger partial charge in [0.15, 0.2) is 11.8 Å². The summed E-state index contributed by atoms with van der Waals surface area (Å²) in [4.78, 5) is 28.4. The Labute approximate surface area is 162 Å². The number of hydrogen-bond acceptors (Lipinski definition) is 4. The van der Waals surface area contributed by atoms with Crippen LogP contribution < -0.4 is 5.32 Å². The van der Waals surface area contributed by atoms with Crippen LogP contribution in [0.25, 0.3) is 0 Å². The lowest BCUT2D eigenvalue weighted by molar-refractivity contribution is -0.130. The van der Waals surface area contributed by atoms with Crippen LogP contribution in [0.4, 0.5) is 0 Å². The Morgan fingerprint density at radius 2 is 1.92 bits per heavy atom. The third-order valence-electron chi connectivity index (χ3n) is 4.80. The second-order valence-electron chi connectivity index (χ2n) is 6.51. The molecule has 1 aliphatic rings. The smallest absolute Gasteiger partial charge is 0.359 e. The van der Waals surface area contributed by atoms with Gasteiger partial charge in [-0.15, -0.1) is 0 Å². The highest BCUT2D eigenvalue weighted by atomic mass is 35.5. The van der Waals surface area contributed by atoms with Crippen molar-refractivity contribution in [1.82, 2.24) is 10.3 Å². The number of carbonyl (C=O) groups excluding carboxylic acids is 2. The normalized spacial score (nSPS) is 24.5. The highest BCUT2D eigenvalue weighted by Crippen LogP contribution is 2.32. The van der Waals surface area contributed by atoms with Gasteiger partial charge in [0, 0.05) is 12.2 Å². The van der Waals surface area contributed by atoms with E-state index in [0.717, 1.165) is 12.8 Å². The van der Waals surface area contributed by atoms with Gasteiger partial charge in [-0.05, 0) is 25.2 Å². The number of nitrogens with zero attached hydrogens (tertiary/aromatic N) is 1. The molecule has 1 fully saturated rings. The molecular weight excluding hydrogens is 387 g/mol. The maximum Gasteiger partial charge on any atom is 0.359 e. The second-order valence-corrected chi connectivity index (χ2v) is 7.68. The van der Waals surface area contributed by atoms with Crippen LogP contribution in [-0.4, -0.2) is 29.0 Å². The number of esters is 1. The number of carbonyl (C=O) groups is 2.